The fraction of sp³-hybridized carbons (Fsp3) is 0.579. The highest BCUT2D eigenvalue weighted by atomic mass is 16.5. The molecule has 0 spiro atoms. The molecule has 3 rings (SSSR count). The third-order valence-electron chi connectivity index (χ3n) is 5.47. The Kier molecular flexibility index (Phi) is 5.98. The number of fused-ring (bicyclic) bond motifs is 1. The van der Waals surface area contributed by atoms with Crippen molar-refractivity contribution in [2.45, 2.75) is 25.8 Å². The zero-order valence-electron chi connectivity index (χ0n) is 15.7. The summed E-state index contributed by atoms with van der Waals surface area (Å²) in [6.45, 7) is 4.18. The lowest BCUT2D eigenvalue weighted by Gasteiger charge is -2.40. The average molecular weight is 378 g/mol. The molecule has 0 aromatic heterocycles. The first-order chi connectivity index (χ1) is 13.0. The predicted octanol–water partition coefficient (Wildman–Crippen LogP) is 1.53. The lowest BCUT2D eigenvalue weighted by molar-refractivity contribution is -0.155. The van der Waals surface area contributed by atoms with Gasteiger partial charge in [-0.15, -0.1) is 0 Å². The summed E-state index contributed by atoms with van der Waals surface area (Å²) >= 11 is 0. The van der Waals surface area contributed by atoms with E-state index >= 15 is 0 Å². The molecule has 148 valence electrons. The van der Waals surface area contributed by atoms with Crippen molar-refractivity contribution in [3.8, 4) is 5.75 Å². The SMILES string of the molecule is COCC1(C(=O)N2CCOc3cc(C(=O)NO)ccc3[C@@H]2C)CCOCC1. The summed E-state index contributed by atoms with van der Waals surface area (Å²) in [5.41, 5.74) is 2.16. The number of hydrogen-bond donors (Lipinski definition) is 2. The number of carbonyl (C=O) groups excluding carboxylic acids is 2. The smallest absolute Gasteiger partial charge is 0.274 e. The number of hydroxylamine groups is 1. The fourth-order valence-corrected chi connectivity index (χ4v) is 3.87. The maximum atomic E-state index is 13.5. The van der Waals surface area contributed by atoms with E-state index in [1.165, 1.54) is 0 Å². The van der Waals surface area contributed by atoms with E-state index in [2.05, 4.69) is 0 Å². The van der Waals surface area contributed by atoms with Crippen LogP contribution in [0.5, 0.6) is 5.75 Å². The van der Waals surface area contributed by atoms with E-state index in [1.807, 2.05) is 11.8 Å². The Hall–Kier alpha value is -2.16. The number of hydrogen-bond acceptors (Lipinski definition) is 6. The first-order valence-corrected chi connectivity index (χ1v) is 9.11. The lowest BCUT2D eigenvalue weighted by atomic mass is 9.79. The summed E-state index contributed by atoms with van der Waals surface area (Å²) in [6, 6.07) is 4.75. The van der Waals surface area contributed by atoms with Gasteiger partial charge < -0.3 is 19.1 Å². The second-order valence-corrected chi connectivity index (χ2v) is 7.04. The van der Waals surface area contributed by atoms with Crippen LogP contribution >= 0.6 is 0 Å². The van der Waals surface area contributed by atoms with E-state index in [9.17, 15) is 9.59 Å². The highest BCUT2D eigenvalue weighted by Gasteiger charge is 2.44. The van der Waals surface area contributed by atoms with Crippen LogP contribution in [0.4, 0.5) is 0 Å². The molecule has 0 unspecified atom stereocenters. The van der Waals surface area contributed by atoms with Gasteiger partial charge in [-0.3, -0.25) is 14.8 Å². The molecule has 2 heterocycles. The van der Waals surface area contributed by atoms with Crippen molar-refractivity contribution in [2.24, 2.45) is 5.41 Å². The molecule has 2 amide bonds. The van der Waals surface area contributed by atoms with Crippen molar-refractivity contribution < 1.29 is 29.0 Å². The van der Waals surface area contributed by atoms with Crippen molar-refractivity contribution in [1.29, 1.82) is 0 Å². The van der Waals surface area contributed by atoms with Gasteiger partial charge in [0.2, 0.25) is 5.91 Å². The van der Waals surface area contributed by atoms with Gasteiger partial charge in [0.25, 0.3) is 5.91 Å². The second kappa shape index (κ2) is 8.24. The van der Waals surface area contributed by atoms with Crippen LogP contribution in [-0.2, 0) is 14.3 Å². The van der Waals surface area contributed by atoms with E-state index in [1.54, 1.807) is 30.8 Å². The number of nitrogens with one attached hydrogen (secondary N) is 1. The number of ether oxygens (including phenoxy) is 3. The van der Waals surface area contributed by atoms with E-state index in [0.29, 0.717) is 57.1 Å². The molecule has 1 aromatic carbocycles. The van der Waals surface area contributed by atoms with Gasteiger partial charge >= 0.3 is 0 Å². The van der Waals surface area contributed by atoms with Gasteiger partial charge in [-0.05, 0) is 31.9 Å². The number of amides is 2. The highest BCUT2D eigenvalue weighted by Crippen LogP contribution is 2.39. The largest absolute Gasteiger partial charge is 0.491 e. The van der Waals surface area contributed by atoms with Crippen LogP contribution in [0.2, 0.25) is 0 Å². The number of benzene rings is 1. The number of methoxy groups -OCH3 is 1. The average Bonchev–Trinajstić information content (AvgIpc) is 2.86. The molecule has 27 heavy (non-hydrogen) atoms. The zero-order chi connectivity index (χ0) is 19.4. The lowest BCUT2D eigenvalue weighted by Crippen LogP contribution is -2.50. The van der Waals surface area contributed by atoms with E-state index < -0.39 is 11.3 Å². The molecule has 1 aromatic rings. The minimum atomic E-state index is -0.604. The first kappa shape index (κ1) is 19.6. The topological polar surface area (TPSA) is 97.3 Å². The Morgan fingerprint density at radius 2 is 2.07 bits per heavy atom. The van der Waals surface area contributed by atoms with Crippen molar-refractivity contribution in [2.75, 3.05) is 40.1 Å². The minimum Gasteiger partial charge on any atom is -0.491 e. The summed E-state index contributed by atoms with van der Waals surface area (Å²) in [4.78, 5) is 27.0. The Balaban J connectivity index is 1.89. The molecule has 0 radical (unpaired) electrons. The molecular formula is C19H26N2O6. The van der Waals surface area contributed by atoms with Crippen molar-refractivity contribution >= 4 is 11.8 Å². The van der Waals surface area contributed by atoms with Crippen LogP contribution in [-0.4, -0.2) is 62.0 Å². The summed E-state index contributed by atoms with van der Waals surface area (Å²) in [6.07, 6.45) is 1.26. The van der Waals surface area contributed by atoms with Gasteiger partial charge in [0.15, 0.2) is 0 Å². The third kappa shape index (κ3) is 3.78. The van der Waals surface area contributed by atoms with Gasteiger partial charge in [-0.1, -0.05) is 6.07 Å². The van der Waals surface area contributed by atoms with Gasteiger partial charge in [0, 0.05) is 31.5 Å². The van der Waals surface area contributed by atoms with Gasteiger partial charge in [-0.2, -0.15) is 0 Å². The number of rotatable bonds is 4. The van der Waals surface area contributed by atoms with Crippen LogP contribution in [0, 0.1) is 5.41 Å². The van der Waals surface area contributed by atoms with E-state index in [-0.39, 0.29) is 11.9 Å². The summed E-state index contributed by atoms with van der Waals surface area (Å²) in [5.74, 6) is -0.00654. The Morgan fingerprint density at radius 3 is 2.74 bits per heavy atom. The molecule has 0 aliphatic carbocycles. The summed E-state index contributed by atoms with van der Waals surface area (Å²) < 4.78 is 16.6. The molecule has 8 nitrogen and oxygen atoms in total. The maximum Gasteiger partial charge on any atom is 0.274 e. The van der Waals surface area contributed by atoms with Crippen molar-refractivity contribution in [3.63, 3.8) is 0 Å². The molecule has 2 aliphatic heterocycles. The Morgan fingerprint density at radius 1 is 1.33 bits per heavy atom. The normalized spacial score (nSPS) is 21.6. The van der Waals surface area contributed by atoms with Crippen LogP contribution in [0.1, 0.15) is 41.7 Å². The first-order valence-electron chi connectivity index (χ1n) is 9.11. The molecule has 1 fully saturated rings. The minimum absolute atomic E-state index is 0.0498. The molecule has 2 N–H and O–H groups in total. The van der Waals surface area contributed by atoms with E-state index in [4.69, 9.17) is 19.4 Å². The van der Waals surface area contributed by atoms with Crippen LogP contribution in [0.25, 0.3) is 0 Å². The van der Waals surface area contributed by atoms with Crippen molar-refractivity contribution in [1.82, 2.24) is 10.4 Å². The maximum absolute atomic E-state index is 13.5. The molecule has 1 atom stereocenters. The van der Waals surface area contributed by atoms with Crippen LogP contribution in [0.3, 0.4) is 0 Å². The van der Waals surface area contributed by atoms with Crippen LogP contribution in [0.15, 0.2) is 18.2 Å². The molecule has 0 bridgehead atoms. The molecular weight excluding hydrogens is 352 g/mol. The quantitative estimate of drug-likeness (QED) is 0.609. The second-order valence-electron chi connectivity index (χ2n) is 7.04. The van der Waals surface area contributed by atoms with Gasteiger partial charge in [0.05, 0.1) is 24.6 Å². The predicted molar refractivity (Wildman–Crippen MR) is 95.7 cm³/mol. The molecule has 1 saturated heterocycles. The van der Waals surface area contributed by atoms with Gasteiger partial charge in [0.1, 0.15) is 12.4 Å². The fourth-order valence-electron chi connectivity index (χ4n) is 3.87. The van der Waals surface area contributed by atoms with Crippen molar-refractivity contribution in [3.05, 3.63) is 29.3 Å². The van der Waals surface area contributed by atoms with Gasteiger partial charge in [-0.25, -0.2) is 5.48 Å². The zero-order valence-corrected chi connectivity index (χ0v) is 15.7. The summed E-state index contributed by atoms with van der Waals surface area (Å²) in [7, 11) is 1.61. The Labute approximate surface area is 158 Å². The standard InChI is InChI=1S/C19H26N2O6/c1-13-15-4-3-14(17(22)20-24)11-16(15)27-10-7-21(13)18(23)19(12-25-2)5-8-26-9-6-19/h3-4,11,13,24H,5-10,12H2,1-2H3,(H,20,22)/t13-/m0/s1. The molecule has 0 saturated carbocycles. The molecule has 8 heteroatoms. The summed E-state index contributed by atoms with van der Waals surface area (Å²) in [5, 5.41) is 8.82. The van der Waals surface area contributed by atoms with E-state index in [0.717, 1.165) is 5.56 Å². The monoisotopic (exact) mass is 378 g/mol. The number of nitrogens with zero attached hydrogens (tertiary/aromatic N) is 1. The third-order valence-corrected chi connectivity index (χ3v) is 5.47. The Bertz CT molecular complexity index is 696. The number of carbonyl (C=O) groups is 2. The van der Waals surface area contributed by atoms with Crippen LogP contribution < -0.4 is 10.2 Å². The molecule has 2 aliphatic rings. The highest BCUT2D eigenvalue weighted by molar-refractivity contribution is 5.94.